The van der Waals surface area contributed by atoms with Gasteiger partial charge in [0.15, 0.2) is 0 Å². The molecule has 82 valence electrons. The van der Waals surface area contributed by atoms with Crippen LogP contribution in [0.4, 0.5) is 0 Å². The summed E-state index contributed by atoms with van der Waals surface area (Å²) in [4.78, 5) is 0. The molecule has 2 fully saturated rings. The van der Waals surface area contributed by atoms with Gasteiger partial charge in [-0.1, -0.05) is 19.8 Å². The van der Waals surface area contributed by atoms with E-state index in [2.05, 4.69) is 6.92 Å². The van der Waals surface area contributed by atoms with Gasteiger partial charge in [0.2, 0.25) is 9.05 Å². The van der Waals surface area contributed by atoms with Crippen LogP contribution in [-0.4, -0.2) is 13.2 Å². The molecule has 2 atom stereocenters. The van der Waals surface area contributed by atoms with Gasteiger partial charge in [0, 0.05) is 10.7 Å². The highest BCUT2D eigenvalue weighted by Gasteiger charge is 2.59. The first kappa shape index (κ1) is 10.7. The molecule has 0 aromatic carbocycles. The van der Waals surface area contributed by atoms with E-state index in [1.165, 1.54) is 12.8 Å². The zero-order valence-corrected chi connectivity index (χ0v) is 10.1. The number of hydrogen-bond acceptors (Lipinski definition) is 2. The van der Waals surface area contributed by atoms with Gasteiger partial charge in [0.25, 0.3) is 0 Å². The molecule has 0 N–H and O–H groups in total. The fourth-order valence-electron chi connectivity index (χ4n) is 2.89. The van der Waals surface area contributed by atoms with Gasteiger partial charge < -0.3 is 0 Å². The Bertz CT molecular complexity index is 319. The van der Waals surface area contributed by atoms with Gasteiger partial charge in [-0.05, 0) is 37.5 Å². The van der Waals surface area contributed by atoms with Crippen molar-refractivity contribution >= 4 is 19.7 Å². The monoisotopic (exact) mass is 236 g/mol. The molecule has 0 amide bonds. The van der Waals surface area contributed by atoms with Crippen molar-refractivity contribution in [3.8, 4) is 0 Å². The summed E-state index contributed by atoms with van der Waals surface area (Å²) in [5.74, 6) is 0.999. The Labute approximate surface area is 90.4 Å². The molecule has 0 aliphatic heterocycles. The predicted octanol–water partition coefficient (Wildman–Crippen LogP) is 2.91. The molecule has 0 bridgehead atoms. The van der Waals surface area contributed by atoms with E-state index in [-0.39, 0.29) is 0 Å². The Kier molecular flexibility index (Phi) is 2.59. The molecule has 0 radical (unpaired) electrons. The van der Waals surface area contributed by atoms with Crippen LogP contribution in [0.2, 0.25) is 0 Å². The van der Waals surface area contributed by atoms with Crippen molar-refractivity contribution in [2.24, 2.45) is 11.8 Å². The van der Waals surface area contributed by atoms with Crippen LogP contribution in [-0.2, 0) is 9.05 Å². The molecule has 0 aromatic heterocycles. The summed E-state index contributed by atoms with van der Waals surface area (Å²) in [7, 11) is 2.20. The van der Waals surface area contributed by atoms with Crippen LogP contribution >= 0.6 is 10.7 Å². The quantitative estimate of drug-likeness (QED) is 0.691. The van der Waals surface area contributed by atoms with Gasteiger partial charge >= 0.3 is 0 Å². The molecule has 2 unspecified atom stereocenters. The van der Waals surface area contributed by atoms with Crippen LogP contribution in [0, 0.1) is 11.8 Å². The minimum Gasteiger partial charge on any atom is -0.212 e. The van der Waals surface area contributed by atoms with Gasteiger partial charge in [-0.2, -0.15) is 0 Å². The molecular formula is C10H17ClO2S. The maximum atomic E-state index is 11.5. The summed E-state index contributed by atoms with van der Waals surface area (Å²) in [5.41, 5.74) is 0. The van der Waals surface area contributed by atoms with Crippen LogP contribution in [0.25, 0.3) is 0 Å². The fraction of sp³-hybridized carbons (Fsp3) is 1.00. The number of halogens is 1. The minimum atomic E-state index is -3.34. The van der Waals surface area contributed by atoms with Crippen LogP contribution in [0.3, 0.4) is 0 Å². The Morgan fingerprint density at radius 3 is 2.36 bits per heavy atom. The van der Waals surface area contributed by atoms with E-state index in [1.54, 1.807) is 0 Å². The van der Waals surface area contributed by atoms with Crippen molar-refractivity contribution in [2.75, 3.05) is 0 Å². The second-order valence-electron chi connectivity index (χ2n) is 4.97. The predicted molar refractivity (Wildman–Crippen MR) is 57.9 cm³/mol. The van der Waals surface area contributed by atoms with Crippen molar-refractivity contribution < 1.29 is 8.42 Å². The van der Waals surface area contributed by atoms with Crippen LogP contribution in [0.5, 0.6) is 0 Å². The molecule has 0 spiro atoms. The van der Waals surface area contributed by atoms with Crippen molar-refractivity contribution in [3.63, 3.8) is 0 Å². The Morgan fingerprint density at radius 1 is 1.29 bits per heavy atom. The van der Waals surface area contributed by atoms with E-state index < -0.39 is 13.8 Å². The maximum Gasteiger partial charge on any atom is 0.238 e. The minimum absolute atomic E-state index is 0.328. The third-order valence-electron chi connectivity index (χ3n) is 3.91. The van der Waals surface area contributed by atoms with E-state index in [9.17, 15) is 8.42 Å². The Morgan fingerprint density at radius 2 is 1.93 bits per heavy atom. The van der Waals surface area contributed by atoms with Crippen molar-refractivity contribution in [3.05, 3.63) is 0 Å². The topological polar surface area (TPSA) is 34.1 Å². The van der Waals surface area contributed by atoms with Crippen molar-refractivity contribution in [1.29, 1.82) is 0 Å². The lowest BCUT2D eigenvalue weighted by Gasteiger charge is -2.31. The highest BCUT2D eigenvalue weighted by atomic mass is 35.7. The second-order valence-corrected chi connectivity index (χ2v) is 7.88. The molecule has 2 aliphatic rings. The van der Waals surface area contributed by atoms with E-state index in [4.69, 9.17) is 10.7 Å². The SMILES string of the molecule is CC1CCCC(C2(S(=O)(=O)Cl)CC2)C1. The first-order chi connectivity index (χ1) is 6.46. The van der Waals surface area contributed by atoms with Crippen LogP contribution < -0.4 is 0 Å². The summed E-state index contributed by atoms with van der Waals surface area (Å²) in [6.07, 6.45) is 6.09. The largest absolute Gasteiger partial charge is 0.238 e. The lowest BCUT2D eigenvalue weighted by atomic mass is 9.79. The smallest absolute Gasteiger partial charge is 0.212 e. The van der Waals surface area contributed by atoms with E-state index in [1.807, 2.05) is 0 Å². The number of rotatable bonds is 2. The summed E-state index contributed by atoms with van der Waals surface area (Å²) in [5, 5.41) is 0. The van der Waals surface area contributed by atoms with Gasteiger partial charge in [0.1, 0.15) is 0 Å². The first-order valence-electron chi connectivity index (χ1n) is 5.40. The third kappa shape index (κ3) is 1.69. The van der Waals surface area contributed by atoms with Gasteiger partial charge in [-0.15, -0.1) is 0 Å². The fourth-order valence-corrected chi connectivity index (χ4v) is 4.93. The van der Waals surface area contributed by atoms with Gasteiger partial charge in [-0.25, -0.2) is 8.42 Å². The first-order valence-corrected chi connectivity index (χ1v) is 7.71. The van der Waals surface area contributed by atoms with Crippen LogP contribution in [0.15, 0.2) is 0 Å². The normalized spacial score (nSPS) is 36.7. The molecule has 2 saturated carbocycles. The van der Waals surface area contributed by atoms with Gasteiger partial charge in [0.05, 0.1) is 4.75 Å². The molecule has 0 heterocycles. The van der Waals surface area contributed by atoms with Gasteiger partial charge in [-0.3, -0.25) is 0 Å². The average Bonchev–Trinajstić information content (AvgIpc) is 2.82. The lowest BCUT2D eigenvalue weighted by molar-refractivity contribution is 0.266. The lowest BCUT2D eigenvalue weighted by Crippen LogP contribution is -2.32. The van der Waals surface area contributed by atoms with E-state index >= 15 is 0 Å². The van der Waals surface area contributed by atoms with Crippen LogP contribution in [0.1, 0.15) is 45.4 Å². The molecule has 2 aliphatic carbocycles. The summed E-state index contributed by atoms with van der Waals surface area (Å²) < 4.78 is 22.4. The standard InChI is InChI=1S/C10H17ClO2S/c1-8-3-2-4-9(7-8)10(5-6-10)14(11,12)13/h8-9H,2-7H2,1H3. The average molecular weight is 237 g/mol. The molecular weight excluding hydrogens is 220 g/mol. The summed E-state index contributed by atoms with van der Waals surface area (Å²) in [6, 6.07) is 0. The zero-order valence-electron chi connectivity index (χ0n) is 8.50. The van der Waals surface area contributed by atoms with Crippen molar-refractivity contribution in [2.45, 2.75) is 50.2 Å². The highest BCUT2D eigenvalue weighted by Crippen LogP contribution is 2.55. The molecule has 4 heteroatoms. The summed E-state index contributed by atoms with van der Waals surface area (Å²) >= 11 is 0. The van der Waals surface area contributed by atoms with Crippen molar-refractivity contribution in [1.82, 2.24) is 0 Å². The molecule has 0 aromatic rings. The maximum absolute atomic E-state index is 11.5. The third-order valence-corrected chi connectivity index (χ3v) is 6.54. The molecule has 2 nitrogen and oxygen atoms in total. The van der Waals surface area contributed by atoms with E-state index in [0.29, 0.717) is 11.8 Å². The highest BCUT2D eigenvalue weighted by molar-refractivity contribution is 8.15. The molecule has 2 rings (SSSR count). The molecule has 14 heavy (non-hydrogen) atoms. The summed E-state index contributed by atoms with van der Waals surface area (Å²) in [6.45, 7) is 2.21. The number of hydrogen-bond donors (Lipinski definition) is 0. The van der Waals surface area contributed by atoms with E-state index in [0.717, 1.165) is 25.7 Å². The molecule has 0 saturated heterocycles. The Balaban J connectivity index is 2.15. The Hall–Kier alpha value is 0.240. The zero-order chi connectivity index (χ0) is 10.4. The second kappa shape index (κ2) is 3.38.